The average Bonchev–Trinajstić information content (AvgIpc) is 3.03. The van der Waals surface area contributed by atoms with Crippen molar-refractivity contribution in [2.24, 2.45) is 10.2 Å². The zero-order valence-electron chi connectivity index (χ0n) is 25.7. The number of ketones is 1. The van der Waals surface area contributed by atoms with Crippen LogP contribution < -0.4 is 14.2 Å². The molecule has 0 aliphatic carbocycles. The highest BCUT2D eigenvalue weighted by Crippen LogP contribution is 2.28. The van der Waals surface area contributed by atoms with Gasteiger partial charge in [-0.2, -0.15) is 5.11 Å². The predicted molar refractivity (Wildman–Crippen MR) is 175 cm³/mol. The van der Waals surface area contributed by atoms with Crippen molar-refractivity contribution in [2.45, 2.75) is 18.7 Å². The third kappa shape index (κ3) is 9.02. The highest BCUT2D eigenvalue weighted by atomic mass is 32.2. The summed E-state index contributed by atoms with van der Waals surface area (Å²) < 4.78 is 38.3. The van der Waals surface area contributed by atoms with E-state index >= 15 is 0 Å². The SMILES string of the molecule is COc1cc(/C=C/C(=O)C(N=Nc2ccc(S(=O)(=O)Nc3nc(C)cc(C)n3)cc2)=C(O)/C=C/c2ccc(O)c(OC)c2)ccc1O. The van der Waals surface area contributed by atoms with Gasteiger partial charge in [0.1, 0.15) is 5.76 Å². The van der Waals surface area contributed by atoms with Crippen LogP contribution in [0.5, 0.6) is 23.0 Å². The number of aliphatic hydroxyl groups is 1. The number of methoxy groups -OCH3 is 2. The Hall–Kier alpha value is -6.02. The number of hydrogen-bond donors (Lipinski definition) is 4. The first-order valence-corrected chi connectivity index (χ1v) is 15.3. The Morgan fingerprint density at radius 3 is 1.87 bits per heavy atom. The second-order valence-electron chi connectivity index (χ2n) is 9.90. The fraction of sp³-hybridized carbons (Fsp3) is 0.121. The molecule has 4 aromatic rings. The Kier molecular flexibility index (Phi) is 10.7. The lowest BCUT2D eigenvalue weighted by Gasteiger charge is -2.08. The van der Waals surface area contributed by atoms with E-state index in [0.717, 1.165) is 6.08 Å². The molecule has 0 saturated carbocycles. The molecule has 0 aliphatic rings. The number of sulfonamides is 1. The molecule has 1 aromatic heterocycles. The minimum absolute atomic E-state index is 0.0624. The van der Waals surface area contributed by atoms with Gasteiger partial charge in [0.15, 0.2) is 28.7 Å². The predicted octanol–water partition coefficient (Wildman–Crippen LogP) is 6.17. The molecule has 0 aliphatic heterocycles. The van der Waals surface area contributed by atoms with Crippen LogP contribution in [0.1, 0.15) is 22.5 Å². The van der Waals surface area contributed by atoms with E-state index in [0.29, 0.717) is 22.5 Å². The van der Waals surface area contributed by atoms with Crippen LogP contribution in [-0.4, -0.2) is 53.7 Å². The summed E-state index contributed by atoms with van der Waals surface area (Å²) in [6.45, 7) is 3.44. The van der Waals surface area contributed by atoms with Gasteiger partial charge in [0.05, 0.1) is 24.8 Å². The molecular weight excluding hydrogens is 626 g/mol. The number of phenolic OH excluding ortho intramolecular Hbond substituents is 2. The molecule has 0 unspecified atom stereocenters. The molecule has 242 valence electrons. The maximum absolute atomic E-state index is 13.2. The number of allylic oxidation sites excluding steroid dienone is 2. The number of aliphatic hydroxyl groups excluding tert-OH is 1. The first-order valence-electron chi connectivity index (χ1n) is 13.8. The summed E-state index contributed by atoms with van der Waals surface area (Å²) in [6.07, 6.45) is 5.30. The smallest absolute Gasteiger partial charge is 0.264 e. The number of aryl methyl sites for hydroxylation is 2. The number of nitrogens with zero attached hydrogens (tertiary/aromatic N) is 4. The molecular formula is C33H31N5O8S. The summed E-state index contributed by atoms with van der Waals surface area (Å²) in [6, 6.07) is 16.0. The monoisotopic (exact) mass is 657 g/mol. The van der Waals surface area contributed by atoms with Crippen LogP contribution in [0.3, 0.4) is 0 Å². The Labute approximate surface area is 271 Å². The van der Waals surface area contributed by atoms with E-state index in [2.05, 4.69) is 24.9 Å². The number of anilines is 1. The topological polar surface area (TPSA) is 193 Å². The van der Waals surface area contributed by atoms with E-state index in [1.807, 2.05) is 0 Å². The van der Waals surface area contributed by atoms with Gasteiger partial charge < -0.3 is 24.8 Å². The van der Waals surface area contributed by atoms with Crippen molar-refractivity contribution in [3.8, 4) is 23.0 Å². The van der Waals surface area contributed by atoms with Crippen LogP contribution in [0.15, 0.2) is 105 Å². The van der Waals surface area contributed by atoms with E-state index in [9.17, 15) is 28.5 Å². The Morgan fingerprint density at radius 2 is 1.34 bits per heavy atom. The molecule has 13 nitrogen and oxygen atoms in total. The van der Waals surface area contributed by atoms with Gasteiger partial charge in [-0.3, -0.25) is 4.79 Å². The number of aromatic nitrogens is 2. The normalized spacial score (nSPS) is 12.4. The largest absolute Gasteiger partial charge is 0.505 e. The molecule has 0 fully saturated rings. The van der Waals surface area contributed by atoms with Crippen LogP contribution in [0.4, 0.5) is 11.6 Å². The molecule has 0 atom stereocenters. The van der Waals surface area contributed by atoms with Crippen LogP contribution in [0, 0.1) is 13.8 Å². The van der Waals surface area contributed by atoms with Crippen molar-refractivity contribution in [2.75, 3.05) is 18.9 Å². The average molecular weight is 658 g/mol. The standard InChI is InChI=1S/C33H31N5O8S/c1-20-17-21(2)35-33(34-20)38-47(43,44)25-11-9-24(10-12-25)36-37-32(28(41)15-7-22-5-13-26(39)30(18-22)45-3)29(42)16-8-23-6-14-27(40)31(19-23)46-4/h5-19,39-41H,1-4H3,(H,34,35,38)/b15-7+,16-8+,32-28?,37-36?. The van der Waals surface area contributed by atoms with Crippen LogP contribution in [-0.2, 0) is 14.8 Å². The zero-order valence-corrected chi connectivity index (χ0v) is 26.6. The number of carbonyl (C=O) groups excluding carboxylic acids is 1. The lowest BCUT2D eigenvalue weighted by molar-refractivity contribution is -0.111. The number of carbonyl (C=O) groups is 1. The van der Waals surface area contributed by atoms with E-state index < -0.39 is 27.3 Å². The summed E-state index contributed by atoms with van der Waals surface area (Å²) in [5.41, 5.74) is 2.01. The van der Waals surface area contributed by atoms with Crippen molar-refractivity contribution in [3.63, 3.8) is 0 Å². The first kappa shape index (κ1) is 33.9. The maximum atomic E-state index is 13.2. The van der Waals surface area contributed by atoms with Crippen LogP contribution >= 0.6 is 0 Å². The number of nitrogens with one attached hydrogen (secondary N) is 1. The minimum atomic E-state index is -4.02. The third-order valence-electron chi connectivity index (χ3n) is 6.36. The van der Waals surface area contributed by atoms with Gasteiger partial charge in [-0.05, 0) is 91.7 Å². The highest BCUT2D eigenvalue weighted by molar-refractivity contribution is 7.92. The van der Waals surface area contributed by atoms with Gasteiger partial charge in [0.2, 0.25) is 11.7 Å². The molecule has 0 bridgehead atoms. The van der Waals surface area contributed by atoms with E-state index in [-0.39, 0.29) is 39.5 Å². The molecule has 4 rings (SSSR count). The van der Waals surface area contributed by atoms with Gasteiger partial charge in [-0.15, -0.1) is 5.11 Å². The Morgan fingerprint density at radius 1 is 0.809 bits per heavy atom. The van der Waals surface area contributed by atoms with Gasteiger partial charge in [-0.25, -0.2) is 23.1 Å². The number of ether oxygens (including phenoxy) is 2. The first-order chi connectivity index (χ1) is 22.4. The molecule has 14 heteroatoms. The van der Waals surface area contributed by atoms with Gasteiger partial charge >= 0.3 is 0 Å². The highest BCUT2D eigenvalue weighted by Gasteiger charge is 2.17. The number of azo groups is 1. The number of phenols is 2. The van der Waals surface area contributed by atoms with Crippen molar-refractivity contribution in [1.82, 2.24) is 9.97 Å². The summed E-state index contributed by atoms with van der Waals surface area (Å²) >= 11 is 0. The molecule has 4 N–H and O–H groups in total. The van der Waals surface area contributed by atoms with E-state index in [1.165, 1.54) is 81.0 Å². The second kappa shape index (κ2) is 14.8. The Balaban J connectivity index is 1.63. The molecule has 47 heavy (non-hydrogen) atoms. The molecule has 3 aromatic carbocycles. The molecule has 0 amide bonds. The quantitative estimate of drug-likeness (QED) is 0.0592. The lowest BCUT2D eigenvalue weighted by atomic mass is 10.1. The Bertz CT molecular complexity index is 2000. The third-order valence-corrected chi connectivity index (χ3v) is 7.71. The molecule has 0 saturated heterocycles. The van der Waals surface area contributed by atoms with Crippen LogP contribution in [0.25, 0.3) is 12.2 Å². The number of benzene rings is 3. The number of rotatable bonds is 12. The van der Waals surface area contributed by atoms with Gasteiger partial charge in [0, 0.05) is 11.4 Å². The number of aromatic hydroxyl groups is 2. The molecule has 0 spiro atoms. The summed E-state index contributed by atoms with van der Waals surface area (Å²) in [4.78, 5) is 21.3. The zero-order chi connectivity index (χ0) is 34.1. The van der Waals surface area contributed by atoms with Gasteiger partial charge in [-0.1, -0.05) is 24.3 Å². The van der Waals surface area contributed by atoms with Gasteiger partial charge in [0.25, 0.3) is 10.0 Å². The summed E-state index contributed by atoms with van der Waals surface area (Å²) in [5, 5.41) is 38.6. The van der Waals surface area contributed by atoms with E-state index in [1.54, 1.807) is 32.0 Å². The fourth-order valence-electron chi connectivity index (χ4n) is 4.08. The van der Waals surface area contributed by atoms with E-state index in [4.69, 9.17) is 9.47 Å². The molecule has 1 heterocycles. The van der Waals surface area contributed by atoms with Crippen molar-refractivity contribution < 1.29 is 38.0 Å². The maximum Gasteiger partial charge on any atom is 0.264 e. The van der Waals surface area contributed by atoms with Crippen molar-refractivity contribution in [3.05, 3.63) is 113 Å². The minimum Gasteiger partial charge on any atom is -0.505 e. The number of hydrogen-bond acceptors (Lipinski definition) is 12. The fourth-order valence-corrected chi connectivity index (χ4v) is 5.02. The van der Waals surface area contributed by atoms with Crippen molar-refractivity contribution in [1.29, 1.82) is 0 Å². The van der Waals surface area contributed by atoms with Crippen molar-refractivity contribution >= 4 is 39.6 Å². The second-order valence-corrected chi connectivity index (χ2v) is 11.6. The summed E-state index contributed by atoms with van der Waals surface area (Å²) in [7, 11) is -1.24. The van der Waals surface area contributed by atoms with Crippen LogP contribution in [0.2, 0.25) is 0 Å². The lowest BCUT2D eigenvalue weighted by Crippen LogP contribution is -2.15. The summed E-state index contributed by atoms with van der Waals surface area (Å²) in [5.74, 6) is -1.05. The molecule has 0 radical (unpaired) electrons.